The Bertz CT molecular complexity index is 575. The fourth-order valence-electron chi connectivity index (χ4n) is 2.39. The number of guanidine groups is 1. The van der Waals surface area contributed by atoms with Crippen LogP contribution in [0.5, 0.6) is 0 Å². The SMILES string of the molecule is CCNC(=NCC(=O)N(C)C)N1CCN(C(=O)c2ccco2)CC1. The Morgan fingerprint density at radius 1 is 1.25 bits per heavy atom. The van der Waals surface area contributed by atoms with Crippen molar-refractivity contribution < 1.29 is 14.0 Å². The predicted molar refractivity (Wildman–Crippen MR) is 90.9 cm³/mol. The van der Waals surface area contributed by atoms with E-state index in [1.54, 1.807) is 31.1 Å². The summed E-state index contributed by atoms with van der Waals surface area (Å²) in [7, 11) is 3.42. The van der Waals surface area contributed by atoms with Crippen molar-refractivity contribution in [3.8, 4) is 0 Å². The number of amides is 2. The van der Waals surface area contributed by atoms with Crippen LogP contribution in [0.4, 0.5) is 0 Å². The maximum Gasteiger partial charge on any atom is 0.289 e. The topological polar surface area (TPSA) is 81.4 Å². The summed E-state index contributed by atoms with van der Waals surface area (Å²) in [4.78, 5) is 33.7. The first-order valence-electron chi connectivity index (χ1n) is 8.09. The molecule has 8 nitrogen and oxygen atoms in total. The molecule has 0 bridgehead atoms. The summed E-state index contributed by atoms with van der Waals surface area (Å²) in [6.07, 6.45) is 1.50. The molecule has 132 valence electrons. The minimum atomic E-state index is -0.0932. The first kappa shape index (κ1) is 17.8. The number of carbonyl (C=O) groups is 2. The average Bonchev–Trinajstić information content (AvgIpc) is 3.12. The lowest BCUT2D eigenvalue weighted by Crippen LogP contribution is -2.54. The highest BCUT2D eigenvalue weighted by Gasteiger charge is 2.25. The number of hydrogen-bond acceptors (Lipinski definition) is 4. The molecule has 1 fully saturated rings. The Hall–Kier alpha value is -2.51. The lowest BCUT2D eigenvalue weighted by molar-refractivity contribution is -0.127. The van der Waals surface area contributed by atoms with Gasteiger partial charge in [0, 0.05) is 46.8 Å². The van der Waals surface area contributed by atoms with E-state index in [0.29, 0.717) is 37.9 Å². The quantitative estimate of drug-likeness (QED) is 0.623. The van der Waals surface area contributed by atoms with Crippen LogP contribution in [0.15, 0.2) is 27.8 Å². The van der Waals surface area contributed by atoms with E-state index in [0.717, 1.165) is 6.54 Å². The van der Waals surface area contributed by atoms with Crippen molar-refractivity contribution in [2.24, 2.45) is 4.99 Å². The molecule has 1 aromatic rings. The second-order valence-corrected chi connectivity index (χ2v) is 5.71. The van der Waals surface area contributed by atoms with E-state index in [4.69, 9.17) is 4.42 Å². The van der Waals surface area contributed by atoms with Crippen molar-refractivity contribution >= 4 is 17.8 Å². The van der Waals surface area contributed by atoms with E-state index in [-0.39, 0.29) is 18.4 Å². The second kappa shape index (κ2) is 8.37. The van der Waals surface area contributed by atoms with Gasteiger partial charge in [0.25, 0.3) is 5.91 Å². The van der Waals surface area contributed by atoms with E-state index in [2.05, 4.69) is 15.2 Å². The molecule has 1 saturated heterocycles. The first-order valence-corrected chi connectivity index (χ1v) is 8.09. The van der Waals surface area contributed by atoms with Crippen LogP contribution in [0.3, 0.4) is 0 Å². The van der Waals surface area contributed by atoms with Crippen molar-refractivity contribution in [1.29, 1.82) is 0 Å². The second-order valence-electron chi connectivity index (χ2n) is 5.71. The van der Waals surface area contributed by atoms with E-state index < -0.39 is 0 Å². The number of aliphatic imine (C=N–C) groups is 1. The molecule has 0 spiro atoms. The number of carbonyl (C=O) groups excluding carboxylic acids is 2. The fraction of sp³-hybridized carbons (Fsp3) is 0.562. The molecule has 2 rings (SSSR count). The lowest BCUT2D eigenvalue weighted by atomic mass is 10.3. The van der Waals surface area contributed by atoms with Crippen LogP contribution < -0.4 is 5.32 Å². The highest BCUT2D eigenvalue weighted by molar-refractivity contribution is 5.91. The first-order chi connectivity index (χ1) is 11.5. The van der Waals surface area contributed by atoms with E-state index in [9.17, 15) is 9.59 Å². The molecule has 8 heteroatoms. The van der Waals surface area contributed by atoms with Crippen molar-refractivity contribution in [1.82, 2.24) is 20.0 Å². The van der Waals surface area contributed by atoms with E-state index in [1.807, 2.05) is 6.92 Å². The van der Waals surface area contributed by atoms with Crippen LogP contribution in [-0.4, -0.2) is 85.8 Å². The average molecular weight is 335 g/mol. The monoisotopic (exact) mass is 335 g/mol. The maximum absolute atomic E-state index is 12.3. The third kappa shape index (κ3) is 4.50. The maximum atomic E-state index is 12.3. The Labute approximate surface area is 142 Å². The zero-order valence-corrected chi connectivity index (χ0v) is 14.5. The van der Waals surface area contributed by atoms with E-state index in [1.165, 1.54) is 11.2 Å². The van der Waals surface area contributed by atoms with Crippen molar-refractivity contribution in [2.75, 3.05) is 53.4 Å². The molecule has 1 aromatic heterocycles. The van der Waals surface area contributed by atoms with Crippen molar-refractivity contribution in [2.45, 2.75) is 6.92 Å². The van der Waals surface area contributed by atoms with Crippen LogP contribution in [0.2, 0.25) is 0 Å². The summed E-state index contributed by atoms with van der Waals surface area (Å²) in [5.74, 6) is 0.930. The molecule has 0 atom stereocenters. The molecule has 2 heterocycles. The van der Waals surface area contributed by atoms with Gasteiger partial charge in [-0.25, -0.2) is 4.99 Å². The smallest absolute Gasteiger partial charge is 0.289 e. The van der Waals surface area contributed by atoms with Crippen LogP contribution >= 0.6 is 0 Å². The standard InChI is InChI=1S/C16H25N5O3/c1-4-17-16(18-12-14(22)19(2)3)21-9-7-20(8-10-21)15(23)13-6-5-11-24-13/h5-6,11H,4,7-10,12H2,1-3H3,(H,17,18). The molecule has 1 aliphatic heterocycles. The Morgan fingerprint density at radius 3 is 2.46 bits per heavy atom. The molecule has 0 radical (unpaired) electrons. The van der Waals surface area contributed by atoms with Gasteiger partial charge in [-0.1, -0.05) is 0 Å². The Kier molecular flexibility index (Phi) is 6.22. The summed E-state index contributed by atoms with van der Waals surface area (Å²) in [6.45, 7) is 5.32. The number of likely N-dealkylation sites (N-methyl/N-ethyl adjacent to an activating group) is 1. The summed E-state index contributed by atoms with van der Waals surface area (Å²) >= 11 is 0. The molecule has 0 saturated carbocycles. The molecular formula is C16H25N5O3. The lowest BCUT2D eigenvalue weighted by Gasteiger charge is -2.36. The molecule has 1 N–H and O–H groups in total. The van der Waals surface area contributed by atoms with Gasteiger partial charge >= 0.3 is 0 Å². The van der Waals surface area contributed by atoms with Gasteiger partial charge in [-0.05, 0) is 19.1 Å². The molecule has 24 heavy (non-hydrogen) atoms. The Balaban J connectivity index is 1.93. The van der Waals surface area contributed by atoms with Gasteiger partial charge in [-0.2, -0.15) is 0 Å². The molecule has 0 aliphatic carbocycles. The van der Waals surface area contributed by atoms with Gasteiger partial charge in [0.15, 0.2) is 11.7 Å². The van der Waals surface area contributed by atoms with Gasteiger partial charge in [0.1, 0.15) is 6.54 Å². The third-order valence-electron chi connectivity index (χ3n) is 3.80. The van der Waals surface area contributed by atoms with Gasteiger partial charge in [0.05, 0.1) is 6.26 Å². The van der Waals surface area contributed by atoms with Crippen LogP contribution in [0.25, 0.3) is 0 Å². The normalized spacial score (nSPS) is 15.4. The number of nitrogens with zero attached hydrogens (tertiary/aromatic N) is 4. The minimum absolute atomic E-state index is 0.0444. The van der Waals surface area contributed by atoms with Crippen LogP contribution in [-0.2, 0) is 4.79 Å². The molecule has 1 aliphatic rings. The zero-order chi connectivity index (χ0) is 17.5. The predicted octanol–water partition coefficient (Wildman–Crippen LogP) is 0.0911. The number of rotatable bonds is 4. The molecule has 0 unspecified atom stereocenters. The Morgan fingerprint density at radius 2 is 1.92 bits per heavy atom. The third-order valence-corrected chi connectivity index (χ3v) is 3.80. The largest absolute Gasteiger partial charge is 0.459 e. The summed E-state index contributed by atoms with van der Waals surface area (Å²) in [5, 5.41) is 3.20. The van der Waals surface area contributed by atoms with Crippen LogP contribution in [0.1, 0.15) is 17.5 Å². The minimum Gasteiger partial charge on any atom is -0.459 e. The zero-order valence-electron chi connectivity index (χ0n) is 14.5. The summed E-state index contributed by atoms with van der Waals surface area (Å²) in [6, 6.07) is 3.38. The van der Waals surface area contributed by atoms with Crippen LogP contribution in [0, 0.1) is 0 Å². The summed E-state index contributed by atoms with van der Waals surface area (Å²) < 4.78 is 5.17. The molecule has 2 amide bonds. The number of furan rings is 1. The molecular weight excluding hydrogens is 310 g/mol. The highest BCUT2D eigenvalue weighted by atomic mass is 16.3. The van der Waals surface area contributed by atoms with E-state index >= 15 is 0 Å². The number of piperazine rings is 1. The summed E-state index contributed by atoms with van der Waals surface area (Å²) in [5.41, 5.74) is 0. The highest BCUT2D eigenvalue weighted by Crippen LogP contribution is 2.09. The number of nitrogens with one attached hydrogen (secondary N) is 1. The number of hydrogen-bond donors (Lipinski definition) is 1. The van der Waals surface area contributed by atoms with Gasteiger partial charge in [0.2, 0.25) is 5.91 Å². The van der Waals surface area contributed by atoms with Crippen molar-refractivity contribution in [3.63, 3.8) is 0 Å². The molecule has 0 aromatic carbocycles. The van der Waals surface area contributed by atoms with Crippen molar-refractivity contribution in [3.05, 3.63) is 24.2 Å². The van der Waals surface area contributed by atoms with Gasteiger partial charge in [-0.15, -0.1) is 0 Å². The van der Waals surface area contributed by atoms with Gasteiger partial charge < -0.3 is 24.4 Å². The fourth-order valence-corrected chi connectivity index (χ4v) is 2.39. The van der Waals surface area contributed by atoms with Gasteiger partial charge in [-0.3, -0.25) is 9.59 Å².